The van der Waals surface area contributed by atoms with Gasteiger partial charge in [-0.2, -0.15) is 10.4 Å². The Balaban J connectivity index is 2.25. The number of hydrogen-bond donors (Lipinski definition) is 1. The summed E-state index contributed by atoms with van der Waals surface area (Å²) in [4.78, 5) is 15.7. The molecule has 1 N–H and O–H groups in total. The predicted octanol–water partition coefficient (Wildman–Crippen LogP) is 1.50. The van der Waals surface area contributed by atoms with Crippen molar-refractivity contribution in [3.8, 4) is 17.3 Å². The van der Waals surface area contributed by atoms with Gasteiger partial charge in [0.2, 0.25) is 0 Å². The molecule has 98 valence electrons. The fourth-order valence-electron chi connectivity index (χ4n) is 2.18. The zero-order chi connectivity index (χ0) is 14.3. The third kappa shape index (κ3) is 1.77. The molecule has 0 radical (unpaired) electrons. The lowest BCUT2D eigenvalue weighted by Crippen LogP contribution is -2.08. The van der Waals surface area contributed by atoms with Crippen LogP contribution in [0.5, 0.6) is 0 Å². The number of nitriles is 1. The zero-order valence-electron chi connectivity index (χ0n) is 11.0. The summed E-state index contributed by atoms with van der Waals surface area (Å²) >= 11 is 0. The molecule has 0 fully saturated rings. The van der Waals surface area contributed by atoms with Crippen molar-refractivity contribution in [1.82, 2.24) is 19.7 Å². The Kier molecular flexibility index (Phi) is 2.61. The van der Waals surface area contributed by atoms with Crippen LogP contribution in [0.15, 0.2) is 29.1 Å². The van der Waals surface area contributed by atoms with Gasteiger partial charge in [-0.05, 0) is 19.1 Å². The summed E-state index contributed by atoms with van der Waals surface area (Å²) in [5.41, 5.74) is 2.91. The van der Waals surface area contributed by atoms with Gasteiger partial charge in [0.25, 0.3) is 5.56 Å². The maximum atomic E-state index is 11.2. The molecule has 6 nitrogen and oxygen atoms in total. The average molecular weight is 265 g/mol. The number of hydrogen-bond acceptors (Lipinski definition) is 4. The predicted molar refractivity (Wildman–Crippen MR) is 74.0 cm³/mol. The molecule has 0 aliphatic carbocycles. The van der Waals surface area contributed by atoms with E-state index in [2.05, 4.69) is 15.2 Å². The number of aryl methyl sites for hydroxylation is 2. The van der Waals surface area contributed by atoms with Crippen LogP contribution in [-0.2, 0) is 7.05 Å². The van der Waals surface area contributed by atoms with E-state index >= 15 is 0 Å². The van der Waals surface area contributed by atoms with Gasteiger partial charge in [-0.25, -0.2) is 10.1 Å². The van der Waals surface area contributed by atoms with Crippen molar-refractivity contribution in [2.75, 3.05) is 0 Å². The molecule has 2 heterocycles. The second-order valence-corrected chi connectivity index (χ2v) is 4.53. The molecule has 1 aromatic carbocycles. The Morgan fingerprint density at radius 3 is 2.90 bits per heavy atom. The smallest absolute Gasteiger partial charge is 0.265 e. The maximum Gasteiger partial charge on any atom is 0.265 e. The third-order valence-electron chi connectivity index (χ3n) is 3.31. The van der Waals surface area contributed by atoms with Crippen molar-refractivity contribution >= 4 is 11.0 Å². The summed E-state index contributed by atoms with van der Waals surface area (Å²) < 4.78 is 1.99. The van der Waals surface area contributed by atoms with Gasteiger partial charge >= 0.3 is 0 Å². The largest absolute Gasteiger partial charge is 0.331 e. The first-order valence-corrected chi connectivity index (χ1v) is 6.03. The van der Waals surface area contributed by atoms with Crippen molar-refractivity contribution in [3.05, 3.63) is 46.0 Å². The van der Waals surface area contributed by atoms with Crippen LogP contribution in [0.1, 0.15) is 11.4 Å². The summed E-state index contributed by atoms with van der Waals surface area (Å²) in [5.74, 6) is 0.909. The Hall–Kier alpha value is -2.94. The molecule has 2 aromatic heterocycles. The van der Waals surface area contributed by atoms with Crippen molar-refractivity contribution in [2.24, 2.45) is 7.05 Å². The summed E-state index contributed by atoms with van der Waals surface area (Å²) in [6, 6.07) is 8.90. The number of H-pyrrole nitrogens is 1. The summed E-state index contributed by atoms with van der Waals surface area (Å²) in [6.45, 7) is 1.93. The molecule has 3 aromatic rings. The van der Waals surface area contributed by atoms with Gasteiger partial charge in [0.1, 0.15) is 17.6 Å². The molecule has 0 spiro atoms. The Labute approximate surface area is 114 Å². The lowest BCUT2D eigenvalue weighted by atomic mass is 10.1. The number of benzene rings is 1. The van der Waals surface area contributed by atoms with Gasteiger partial charge in [-0.1, -0.05) is 6.07 Å². The number of nitrogens with one attached hydrogen (secondary N) is 1. The molecule has 0 atom stereocenters. The number of aromatic nitrogens is 4. The highest BCUT2D eigenvalue weighted by Gasteiger charge is 2.11. The number of imidazole rings is 1. The fourth-order valence-corrected chi connectivity index (χ4v) is 2.18. The Morgan fingerprint density at radius 2 is 2.15 bits per heavy atom. The first kappa shape index (κ1) is 12.1. The van der Waals surface area contributed by atoms with E-state index in [0.717, 1.165) is 22.4 Å². The van der Waals surface area contributed by atoms with Gasteiger partial charge in [-0.15, -0.1) is 0 Å². The van der Waals surface area contributed by atoms with E-state index in [4.69, 9.17) is 5.26 Å². The topological polar surface area (TPSA) is 87.4 Å². The van der Waals surface area contributed by atoms with Crippen LogP contribution in [0.2, 0.25) is 0 Å². The first-order chi connectivity index (χ1) is 9.60. The van der Waals surface area contributed by atoms with Crippen LogP contribution < -0.4 is 5.56 Å². The summed E-state index contributed by atoms with van der Waals surface area (Å²) in [7, 11) is 1.95. The molecule has 0 amide bonds. The van der Waals surface area contributed by atoms with Crippen molar-refractivity contribution in [1.29, 1.82) is 5.26 Å². The van der Waals surface area contributed by atoms with Crippen molar-refractivity contribution in [2.45, 2.75) is 6.92 Å². The van der Waals surface area contributed by atoms with Crippen LogP contribution in [0.25, 0.3) is 22.3 Å². The van der Waals surface area contributed by atoms with Gasteiger partial charge in [-0.3, -0.25) is 4.79 Å². The van der Waals surface area contributed by atoms with Crippen LogP contribution in [0, 0.1) is 18.3 Å². The minimum Gasteiger partial charge on any atom is -0.331 e. The number of nitrogens with zero attached hydrogens (tertiary/aromatic N) is 4. The normalized spacial score (nSPS) is 10.7. The third-order valence-corrected chi connectivity index (χ3v) is 3.31. The highest BCUT2D eigenvalue weighted by atomic mass is 16.1. The molecule has 20 heavy (non-hydrogen) atoms. The molecule has 0 saturated carbocycles. The number of aromatic amines is 1. The van der Waals surface area contributed by atoms with Gasteiger partial charge in [0.05, 0.1) is 16.6 Å². The molecule has 0 bridgehead atoms. The van der Waals surface area contributed by atoms with E-state index in [9.17, 15) is 4.79 Å². The van der Waals surface area contributed by atoms with Crippen molar-refractivity contribution < 1.29 is 0 Å². The second kappa shape index (κ2) is 4.31. The Bertz CT molecular complexity index is 913. The van der Waals surface area contributed by atoms with E-state index < -0.39 is 0 Å². The molecular weight excluding hydrogens is 254 g/mol. The van der Waals surface area contributed by atoms with E-state index in [0.29, 0.717) is 5.69 Å². The fraction of sp³-hybridized carbons (Fsp3) is 0.143. The molecule has 0 aliphatic heterocycles. The molecule has 0 unspecified atom stereocenters. The summed E-state index contributed by atoms with van der Waals surface area (Å²) in [5, 5.41) is 15.4. The van der Waals surface area contributed by atoms with Gasteiger partial charge in [0.15, 0.2) is 0 Å². The molecule has 0 saturated heterocycles. The molecule has 6 heteroatoms. The number of fused-ring (bicyclic) bond motifs is 1. The highest BCUT2D eigenvalue weighted by molar-refractivity contribution is 5.82. The molecular formula is C14H11N5O. The van der Waals surface area contributed by atoms with Crippen LogP contribution >= 0.6 is 0 Å². The lowest BCUT2D eigenvalue weighted by Gasteiger charge is -2.02. The molecule has 0 aliphatic rings. The van der Waals surface area contributed by atoms with E-state index in [1.165, 1.54) is 6.07 Å². The lowest BCUT2D eigenvalue weighted by molar-refractivity contribution is 0.886. The number of rotatable bonds is 1. The average Bonchev–Trinajstić information content (AvgIpc) is 2.73. The SMILES string of the molecule is Cc1nc2cc(-c3n[nH]c(=O)cc3C#N)ccc2n1C. The Morgan fingerprint density at radius 1 is 1.35 bits per heavy atom. The van der Waals surface area contributed by atoms with E-state index in [-0.39, 0.29) is 11.1 Å². The maximum absolute atomic E-state index is 11.2. The first-order valence-electron chi connectivity index (χ1n) is 6.03. The van der Waals surface area contributed by atoms with Crippen molar-refractivity contribution in [3.63, 3.8) is 0 Å². The minimum atomic E-state index is -0.389. The summed E-state index contributed by atoms with van der Waals surface area (Å²) in [6.07, 6.45) is 0. The highest BCUT2D eigenvalue weighted by Crippen LogP contribution is 2.24. The van der Waals surface area contributed by atoms with Crippen LogP contribution in [0.3, 0.4) is 0 Å². The minimum absolute atomic E-state index is 0.251. The monoisotopic (exact) mass is 265 g/mol. The zero-order valence-corrected chi connectivity index (χ0v) is 11.0. The van der Waals surface area contributed by atoms with Gasteiger partial charge in [0, 0.05) is 18.7 Å². The van der Waals surface area contributed by atoms with Gasteiger partial charge < -0.3 is 4.57 Å². The quantitative estimate of drug-likeness (QED) is 0.722. The molecule has 3 rings (SSSR count). The van der Waals surface area contributed by atoms with E-state index in [1.807, 2.05) is 42.8 Å². The second-order valence-electron chi connectivity index (χ2n) is 4.53. The van der Waals surface area contributed by atoms with E-state index in [1.54, 1.807) is 0 Å². The van der Waals surface area contributed by atoms with Crippen LogP contribution in [-0.4, -0.2) is 19.7 Å². The standard InChI is InChI=1S/C14H11N5O/c1-8-16-11-5-9(3-4-12(11)19(8)2)14-10(7-15)6-13(20)17-18-14/h3-6H,1-2H3,(H,17,20). The van der Waals surface area contributed by atoms with Crippen LogP contribution in [0.4, 0.5) is 0 Å².